The third-order valence-electron chi connectivity index (χ3n) is 4.29. The van der Waals surface area contributed by atoms with Crippen molar-refractivity contribution in [1.82, 2.24) is 14.4 Å². The molecule has 1 amide bonds. The van der Waals surface area contributed by atoms with Crippen molar-refractivity contribution in [2.75, 3.05) is 13.1 Å². The number of azo groups is 1. The van der Waals surface area contributed by atoms with Crippen molar-refractivity contribution in [3.63, 3.8) is 0 Å². The van der Waals surface area contributed by atoms with Crippen molar-refractivity contribution in [3.8, 4) is 5.95 Å². The molecule has 1 aliphatic heterocycles. The van der Waals surface area contributed by atoms with E-state index in [-0.39, 0.29) is 23.0 Å². The first kappa shape index (κ1) is 18.5. The van der Waals surface area contributed by atoms with Gasteiger partial charge in [0.05, 0.1) is 5.69 Å². The summed E-state index contributed by atoms with van der Waals surface area (Å²) in [5, 5.41) is 22.2. The van der Waals surface area contributed by atoms with Gasteiger partial charge in [-0.15, -0.1) is 10.2 Å². The highest BCUT2D eigenvalue weighted by atomic mass is 32.1. The highest BCUT2D eigenvalue weighted by molar-refractivity contribution is 7.10. The molecule has 1 fully saturated rings. The van der Waals surface area contributed by atoms with Gasteiger partial charge in [0, 0.05) is 18.5 Å². The molecule has 2 aromatic rings. The van der Waals surface area contributed by atoms with Crippen LogP contribution in [0.2, 0.25) is 0 Å². The highest BCUT2D eigenvalue weighted by Gasteiger charge is 2.32. The molecule has 140 valence electrons. The molecule has 0 unspecified atom stereocenters. The molecule has 26 heavy (non-hydrogen) atoms. The van der Waals surface area contributed by atoms with Gasteiger partial charge in [0.2, 0.25) is 0 Å². The quantitative estimate of drug-likeness (QED) is 0.798. The van der Waals surface area contributed by atoms with Crippen molar-refractivity contribution in [2.45, 2.75) is 52.4 Å². The van der Waals surface area contributed by atoms with Crippen molar-refractivity contribution >= 4 is 28.1 Å². The molecule has 3 heterocycles. The van der Waals surface area contributed by atoms with Crippen LogP contribution in [0.15, 0.2) is 14.8 Å². The summed E-state index contributed by atoms with van der Waals surface area (Å²) in [6.07, 6.45) is 2.58. The Morgan fingerprint density at radius 3 is 2.62 bits per heavy atom. The molecular formula is C17H23N5O3S. The lowest BCUT2D eigenvalue weighted by Crippen LogP contribution is -2.30. The van der Waals surface area contributed by atoms with Gasteiger partial charge in [-0.05, 0) is 30.8 Å². The molecule has 0 radical (unpaired) electrons. The molecular weight excluding hydrogens is 354 g/mol. The Labute approximate surface area is 156 Å². The number of amides is 1. The van der Waals surface area contributed by atoms with Crippen LogP contribution in [0.1, 0.15) is 62.3 Å². The van der Waals surface area contributed by atoms with Gasteiger partial charge in [-0.2, -0.15) is 4.37 Å². The lowest BCUT2D eigenvalue weighted by molar-refractivity contribution is 0.0791. The Balaban J connectivity index is 2.01. The van der Waals surface area contributed by atoms with Gasteiger partial charge in [0.15, 0.2) is 10.7 Å². The number of aromatic nitrogens is 2. The minimum Gasteiger partial charge on any atom is -0.478 e. The molecule has 8 nitrogen and oxygen atoms in total. The molecule has 3 rings (SSSR count). The largest absolute Gasteiger partial charge is 0.478 e. The zero-order chi connectivity index (χ0) is 18.9. The topological polar surface area (TPSA) is 104 Å². The smallest absolute Gasteiger partial charge is 0.337 e. The molecule has 0 aliphatic carbocycles. The number of carbonyl (C=O) groups excluding carboxylic acids is 1. The van der Waals surface area contributed by atoms with Crippen LogP contribution < -0.4 is 0 Å². The third kappa shape index (κ3) is 3.48. The summed E-state index contributed by atoms with van der Waals surface area (Å²) in [5.41, 5.74) is 1.64. The summed E-state index contributed by atoms with van der Waals surface area (Å²) in [4.78, 5) is 14.9. The second-order valence-corrected chi connectivity index (χ2v) is 8.05. The summed E-state index contributed by atoms with van der Waals surface area (Å²) in [7, 11) is 0. The molecule has 0 aromatic carbocycles. The Morgan fingerprint density at radius 1 is 1.31 bits per heavy atom. The van der Waals surface area contributed by atoms with Gasteiger partial charge >= 0.3 is 5.95 Å². The maximum absolute atomic E-state index is 13.1. The number of rotatable bonds is 4. The van der Waals surface area contributed by atoms with E-state index < -0.39 is 0 Å². The van der Waals surface area contributed by atoms with Gasteiger partial charge in [0.25, 0.3) is 5.91 Å². The highest BCUT2D eigenvalue weighted by Crippen LogP contribution is 2.38. The predicted octanol–water partition coefficient (Wildman–Crippen LogP) is 4.35. The number of hydrogen-bond acceptors (Lipinski definition) is 8. The first-order chi connectivity index (χ1) is 12.3. The van der Waals surface area contributed by atoms with Crippen molar-refractivity contribution in [3.05, 3.63) is 17.0 Å². The van der Waals surface area contributed by atoms with Gasteiger partial charge < -0.3 is 14.5 Å². The summed E-state index contributed by atoms with van der Waals surface area (Å²) < 4.78 is 9.24. The monoisotopic (exact) mass is 377 g/mol. The third-order valence-corrected chi connectivity index (χ3v) is 5.02. The molecule has 1 aliphatic rings. The maximum atomic E-state index is 13.1. The molecule has 0 atom stereocenters. The van der Waals surface area contributed by atoms with Crippen LogP contribution in [0, 0.1) is 0 Å². The molecule has 9 heteroatoms. The van der Waals surface area contributed by atoms with Crippen LogP contribution in [0.3, 0.4) is 0 Å². The molecule has 0 spiro atoms. The maximum Gasteiger partial charge on any atom is 0.337 e. The number of aromatic hydroxyl groups is 1. The van der Waals surface area contributed by atoms with Gasteiger partial charge in [-0.25, -0.2) is 0 Å². The van der Waals surface area contributed by atoms with Crippen LogP contribution >= 0.6 is 11.5 Å². The number of nitrogens with zero attached hydrogens (tertiary/aromatic N) is 5. The SMILES string of the molecule is CCc1noc(O)c1N=Nc1snc(C(C)(C)C)c1C(=O)N1CCCC1. The fourth-order valence-electron chi connectivity index (χ4n) is 2.87. The second kappa shape index (κ2) is 7.14. The van der Waals surface area contributed by atoms with Crippen molar-refractivity contribution in [2.24, 2.45) is 10.2 Å². The summed E-state index contributed by atoms with van der Waals surface area (Å²) in [5.74, 6) is -0.432. The van der Waals surface area contributed by atoms with E-state index in [1.54, 1.807) is 0 Å². The Kier molecular flexibility index (Phi) is 5.08. The van der Waals surface area contributed by atoms with Crippen LogP contribution in [0.5, 0.6) is 5.95 Å². The fraction of sp³-hybridized carbons (Fsp3) is 0.588. The zero-order valence-electron chi connectivity index (χ0n) is 15.4. The van der Waals surface area contributed by atoms with Crippen LogP contribution in [-0.4, -0.2) is 38.5 Å². The van der Waals surface area contributed by atoms with E-state index in [0.29, 0.717) is 22.7 Å². The normalized spacial score (nSPS) is 15.3. The summed E-state index contributed by atoms with van der Waals surface area (Å²) >= 11 is 1.14. The average Bonchev–Trinajstić information content (AvgIpc) is 3.31. The lowest BCUT2D eigenvalue weighted by atomic mass is 9.89. The second-order valence-electron chi connectivity index (χ2n) is 7.30. The standard InChI is InChI=1S/C17H23N5O3S/c1-5-10-12(16(24)25-20-10)18-19-14-11(13(21-26-14)17(2,3)4)15(23)22-8-6-7-9-22/h24H,5-9H2,1-4H3. The van der Waals surface area contributed by atoms with E-state index in [1.807, 2.05) is 32.6 Å². The first-order valence-electron chi connectivity index (χ1n) is 8.71. The minimum atomic E-state index is -0.376. The predicted molar refractivity (Wildman–Crippen MR) is 97.7 cm³/mol. The summed E-state index contributed by atoms with van der Waals surface area (Å²) in [6, 6.07) is 0. The van der Waals surface area contributed by atoms with Crippen molar-refractivity contribution < 1.29 is 14.4 Å². The van der Waals surface area contributed by atoms with Gasteiger partial charge in [-0.3, -0.25) is 4.79 Å². The van der Waals surface area contributed by atoms with E-state index >= 15 is 0 Å². The van der Waals surface area contributed by atoms with Gasteiger partial charge in [0.1, 0.15) is 11.3 Å². The summed E-state index contributed by atoms with van der Waals surface area (Å²) in [6.45, 7) is 9.44. The zero-order valence-corrected chi connectivity index (χ0v) is 16.3. The van der Waals surface area contributed by atoms with E-state index in [2.05, 4.69) is 19.8 Å². The number of hydrogen-bond donors (Lipinski definition) is 1. The minimum absolute atomic E-state index is 0.0552. The first-order valence-corrected chi connectivity index (χ1v) is 9.49. The van der Waals surface area contributed by atoms with E-state index in [4.69, 9.17) is 4.52 Å². The van der Waals surface area contributed by atoms with Crippen LogP contribution in [0.4, 0.5) is 10.7 Å². The molecule has 0 bridgehead atoms. The fourth-order valence-corrected chi connectivity index (χ4v) is 3.76. The van der Waals surface area contributed by atoms with Crippen LogP contribution in [0.25, 0.3) is 0 Å². The molecule has 1 saturated heterocycles. The Hall–Kier alpha value is -2.29. The number of carbonyl (C=O) groups is 1. The average molecular weight is 377 g/mol. The number of aryl methyl sites for hydroxylation is 1. The molecule has 1 N–H and O–H groups in total. The van der Waals surface area contributed by atoms with E-state index in [1.165, 1.54) is 0 Å². The molecule has 2 aromatic heterocycles. The Morgan fingerprint density at radius 2 is 2.00 bits per heavy atom. The van der Waals surface area contributed by atoms with Gasteiger partial charge in [-0.1, -0.05) is 32.9 Å². The molecule has 0 saturated carbocycles. The van der Waals surface area contributed by atoms with E-state index in [9.17, 15) is 9.90 Å². The van der Waals surface area contributed by atoms with Crippen molar-refractivity contribution in [1.29, 1.82) is 0 Å². The lowest BCUT2D eigenvalue weighted by Gasteiger charge is -2.20. The van der Waals surface area contributed by atoms with Crippen LogP contribution in [-0.2, 0) is 11.8 Å². The Bertz CT molecular complexity index is 828. The van der Waals surface area contributed by atoms with E-state index in [0.717, 1.165) is 43.2 Å². The number of likely N-dealkylation sites (tertiary alicyclic amines) is 1.